The molecule has 0 aliphatic heterocycles. The normalized spacial score (nSPS) is 10.2. The molecule has 0 saturated heterocycles. The summed E-state index contributed by atoms with van der Waals surface area (Å²) >= 11 is 5.18. The number of carbonyl (C=O) groups excluding carboxylic acids is 2. The van der Waals surface area contributed by atoms with Crippen molar-refractivity contribution in [1.82, 2.24) is 10.2 Å². The Morgan fingerprint density at radius 2 is 1.66 bits per heavy atom. The van der Waals surface area contributed by atoms with Gasteiger partial charge >= 0.3 is 0 Å². The van der Waals surface area contributed by atoms with E-state index < -0.39 is 10.8 Å². The standard InChI is InChI=1S/C23H20N4O4S/c1-26(15-16-6-3-2-4-7-16)22(29)18-8-5-9-19(14-18)24-23(32)25-21(28)17-10-12-20(13-11-17)27(30)31/h2-14H,15H2,1H3,(H2,24,25,28,32). The van der Waals surface area contributed by atoms with Crippen LogP contribution in [0.25, 0.3) is 0 Å². The average molecular weight is 449 g/mol. The molecule has 3 aromatic carbocycles. The Bertz CT molecular complexity index is 1150. The lowest BCUT2D eigenvalue weighted by molar-refractivity contribution is -0.384. The third-order valence-electron chi connectivity index (χ3n) is 4.54. The molecule has 2 amide bonds. The molecule has 0 radical (unpaired) electrons. The predicted molar refractivity (Wildman–Crippen MR) is 125 cm³/mol. The van der Waals surface area contributed by atoms with Crippen LogP contribution in [0.5, 0.6) is 0 Å². The van der Waals surface area contributed by atoms with E-state index in [4.69, 9.17) is 12.2 Å². The van der Waals surface area contributed by atoms with Crippen molar-refractivity contribution in [3.05, 3.63) is 106 Å². The second kappa shape index (κ2) is 10.3. The van der Waals surface area contributed by atoms with E-state index in [0.29, 0.717) is 17.8 Å². The quantitative estimate of drug-likeness (QED) is 0.336. The molecule has 0 heterocycles. The summed E-state index contributed by atoms with van der Waals surface area (Å²) < 4.78 is 0. The zero-order valence-corrected chi connectivity index (χ0v) is 18.0. The van der Waals surface area contributed by atoms with Crippen molar-refractivity contribution < 1.29 is 14.5 Å². The van der Waals surface area contributed by atoms with Crippen LogP contribution < -0.4 is 10.6 Å². The molecule has 3 aromatic rings. The molecule has 0 aromatic heterocycles. The number of rotatable bonds is 6. The lowest BCUT2D eigenvalue weighted by Crippen LogP contribution is -2.34. The summed E-state index contributed by atoms with van der Waals surface area (Å²) in [5.41, 5.74) is 2.15. The molecule has 32 heavy (non-hydrogen) atoms. The molecule has 162 valence electrons. The first-order chi connectivity index (χ1) is 15.3. The fourth-order valence-electron chi connectivity index (χ4n) is 2.95. The minimum Gasteiger partial charge on any atom is -0.337 e. The molecular weight excluding hydrogens is 428 g/mol. The monoisotopic (exact) mass is 448 g/mol. The van der Waals surface area contributed by atoms with Gasteiger partial charge in [-0.1, -0.05) is 36.4 Å². The highest BCUT2D eigenvalue weighted by molar-refractivity contribution is 7.80. The number of non-ortho nitro benzene ring substituents is 1. The zero-order valence-electron chi connectivity index (χ0n) is 17.1. The van der Waals surface area contributed by atoms with Crippen LogP contribution in [-0.4, -0.2) is 33.8 Å². The lowest BCUT2D eigenvalue weighted by Gasteiger charge is -2.18. The number of carbonyl (C=O) groups is 2. The third-order valence-corrected chi connectivity index (χ3v) is 4.75. The fourth-order valence-corrected chi connectivity index (χ4v) is 3.16. The number of anilines is 1. The number of hydrogen-bond donors (Lipinski definition) is 2. The van der Waals surface area contributed by atoms with Crippen LogP contribution in [0.2, 0.25) is 0 Å². The van der Waals surface area contributed by atoms with E-state index >= 15 is 0 Å². The first-order valence-corrected chi connectivity index (χ1v) is 10.0. The van der Waals surface area contributed by atoms with Crippen molar-refractivity contribution in [2.45, 2.75) is 6.54 Å². The smallest absolute Gasteiger partial charge is 0.269 e. The van der Waals surface area contributed by atoms with E-state index in [-0.39, 0.29) is 22.3 Å². The van der Waals surface area contributed by atoms with Crippen LogP contribution in [0, 0.1) is 10.1 Å². The Kier molecular flexibility index (Phi) is 7.25. The van der Waals surface area contributed by atoms with Crippen molar-refractivity contribution in [2.75, 3.05) is 12.4 Å². The molecule has 2 N–H and O–H groups in total. The maximum atomic E-state index is 12.8. The van der Waals surface area contributed by atoms with E-state index in [1.54, 1.807) is 36.2 Å². The molecule has 0 bridgehead atoms. The number of nitrogens with one attached hydrogen (secondary N) is 2. The van der Waals surface area contributed by atoms with Crippen molar-refractivity contribution in [3.8, 4) is 0 Å². The van der Waals surface area contributed by atoms with Crippen LogP contribution >= 0.6 is 12.2 Å². The minimum atomic E-state index is -0.542. The molecule has 0 unspecified atom stereocenters. The minimum absolute atomic E-state index is 0.0376. The Hall–Kier alpha value is -4.11. The van der Waals surface area contributed by atoms with Crippen molar-refractivity contribution in [2.24, 2.45) is 0 Å². The van der Waals surface area contributed by atoms with Gasteiger partial charge in [-0.15, -0.1) is 0 Å². The Morgan fingerprint density at radius 1 is 0.969 bits per heavy atom. The van der Waals surface area contributed by atoms with Gasteiger partial charge in [0, 0.05) is 42.5 Å². The molecule has 3 rings (SSSR count). The maximum Gasteiger partial charge on any atom is 0.269 e. The topological polar surface area (TPSA) is 105 Å². The number of nitro groups is 1. The molecular formula is C23H20N4O4S. The average Bonchev–Trinajstić information content (AvgIpc) is 2.79. The molecule has 0 aliphatic carbocycles. The zero-order chi connectivity index (χ0) is 23.1. The molecule has 9 heteroatoms. The highest BCUT2D eigenvalue weighted by Crippen LogP contribution is 2.15. The van der Waals surface area contributed by atoms with Crippen molar-refractivity contribution >= 4 is 40.5 Å². The molecule has 0 saturated carbocycles. The fraction of sp³-hybridized carbons (Fsp3) is 0.0870. The Labute approximate surface area is 190 Å². The van der Waals surface area contributed by atoms with Gasteiger partial charge in [0.05, 0.1) is 4.92 Å². The predicted octanol–water partition coefficient (Wildman–Crippen LogP) is 3.99. The number of nitrogens with zero attached hydrogens (tertiary/aromatic N) is 2. The molecule has 0 atom stereocenters. The van der Waals surface area contributed by atoms with Crippen LogP contribution in [-0.2, 0) is 6.54 Å². The van der Waals surface area contributed by atoms with Crippen LogP contribution in [0.15, 0.2) is 78.9 Å². The van der Waals surface area contributed by atoms with E-state index in [1.807, 2.05) is 30.3 Å². The molecule has 0 fully saturated rings. The summed E-state index contributed by atoms with van der Waals surface area (Å²) in [6.45, 7) is 0.473. The molecule has 8 nitrogen and oxygen atoms in total. The first kappa shape index (κ1) is 22.6. The highest BCUT2D eigenvalue weighted by atomic mass is 32.1. The van der Waals surface area contributed by atoms with Gasteiger partial charge in [-0.05, 0) is 48.1 Å². The van der Waals surface area contributed by atoms with E-state index in [2.05, 4.69) is 10.6 Å². The van der Waals surface area contributed by atoms with Crippen LogP contribution in [0.1, 0.15) is 26.3 Å². The van der Waals surface area contributed by atoms with E-state index in [9.17, 15) is 19.7 Å². The number of thiocarbonyl (C=S) groups is 1. The maximum absolute atomic E-state index is 12.8. The van der Waals surface area contributed by atoms with Crippen LogP contribution in [0.3, 0.4) is 0 Å². The Morgan fingerprint density at radius 3 is 2.31 bits per heavy atom. The summed E-state index contributed by atoms with van der Waals surface area (Å²) in [6.07, 6.45) is 0. The number of nitro benzene ring substituents is 1. The van der Waals surface area contributed by atoms with Gasteiger partial charge in [0.2, 0.25) is 0 Å². The van der Waals surface area contributed by atoms with Gasteiger partial charge in [-0.3, -0.25) is 25.0 Å². The highest BCUT2D eigenvalue weighted by Gasteiger charge is 2.14. The summed E-state index contributed by atoms with van der Waals surface area (Å²) in [5, 5.41) is 16.1. The van der Waals surface area contributed by atoms with Gasteiger partial charge in [0.1, 0.15) is 0 Å². The molecule has 0 spiro atoms. The van der Waals surface area contributed by atoms with E-state index in [0.717, 1.165) is 5.56 Å². The van der Waals surface area contributed by atoms with Gasteiger partial charge in [-0.25, -0.2) is 0 Å². The van der Waals surface area contributed by atoms with Crippen molar-refractivity contribution in [3.63, 3.8) is 0 Å². The van der Waals surface area contributed by atoms with E-state index in [1.165, 1.54) is 24.3 Å². The van der Waals surface area contributed by atoms with Gasteiger partial charge < -0.3 is 10.2 Å². The Balaban J connectivity index is 1.61. The summed E-state index contributed by atoms with van der Waals surface area (Å²) in [4.78, 5) is 36.9. The van der Waals surface area contributed by atoms with Crippen molar-refractivity contribution in [1.29, 1.82) is 0 Å². The molecule has 0 aliphatic rings. The van der Waals surface area contributed by atoms with Gasteiger partial charge in [0.15, 0.2) is 5.11 Å². The van der Waals surface area contributed by atoms with Crippen LogP contribution in [0.4, 0.5) is 11.4 Å². The summed E-state index contributed by atoms with van der Waals surface area (Å²) in [7, 11) is 1.73. The first-order valence-electron chi connectivity index (χ1n) is 9.60. The second-order valence-electron chi connectivity index (χ2n) is 6.94. The van der Waals surface area contributed by atoms with Gasteiger partial charge in [-0.2, -0.15) is 0 Å². The second-order valence-corrected chi connectivity index (χ2v) is 7.35. The summed E-state index contributed by atoms with van der Waals surface area (Å²) in [6, 6.07) is 21.6. The van der Waals surface area contributed by atoms with Gasteiger partial charge in [0.25, 0.3) is 17.5 Å². The number of amides is 2. The number of benzene rings is 3. The SMILES string of the molecule is CN(Cc1ccccc1)C(=O)c1cccc(NC(=S)NC(=O)c2ccc([N+](=O)[O-])cc2)c1. The third kappa shape index (κ3) is 5.96. The number of hydrogen-bond acceptors (Lipinski definition) is 5. The summed E-state index contributed by atoms with van der Waals surface area (Å²) in [5.74, 6) is -0.662. The lowest BCUT2D eigenvalue weighted by atomic mass is 10.1. The largest absolute Gasteiger partial charge is 0.337 e.